The van der Waals surface area contributed by atoms with E-state index in [1.807, 2.05) is 5.01 Å². The predicted molar refractivity (Wildman–Crippen MR) is 63.0 cm³/mol. The van der Waals surface area contributed by atoms with Crippen LogP contribution in [0.4, 0.5) is 11.4 Å². The van der Waals surface area contributed by atoms with Crippen LogP contribution in [-0.4, -0.2) is 23.0 Å². The Kier molecular flexibility index (Phi) is 3.64. The third kappa shape index (κ3) is 3.24. The first-order valence-corrected chi connectivity index (χ1v) is 5.67. The maximum absolute atomic E-state index is 10.5. The van der Waals surface area contributed by atoms with Crippen molar-refractivity contribution in [2.24, 2.45) is 10.3 Å². The molecule has 1 saturated heterocycles. The molecule has 0 spiro atoms. The van der Waals surface area contributed by atoms with Gasteiger partial charge >= 0.3 is 0 Å². The number of hydrogen-bond acceptors (Lipinski definition) is 4. The Balaban J connectivity index is 1.98. The summed E-state index contributed by atoms with van der Waals surface area (Å²) in [5.74, 6) is 0. The molecule has 1 heterocycles. The zero-order chi connectivity index (χ0) is 12.1. The van der Waals surface area contributed by atoms with E-state index in [0.29, 0.717) is 5.69 Å². The smallest absolute Gasteiger partial charge is 0.269 e. The van der Waals surface area contributed by atoms with Gasteiger partial charge in [0.15, 0.2) is 0 Å². The van der Waals surface area contributed by atoms with Crippen LogP contribution >= 0.6 is 0 Å². The first kappa shape index (κ1) is 11.5. The van der Waals surface area contributed by atoms with E-state index in [1.54, 1.807) is 12.1 Å². The molecule has 1 aromatic rings. The SMILES string of the molecule is O=[N+]([O-])c1ccc(N=NN2CCCCC2)cc1. The molecule has 6 heteroatoms. The molecular weight excluding hydrogens is 220 g/mol. The second kappa shape index (κ2) is 5.38. The van der Waals surface area contributed by atoms with E-state index in [0.717, 1.165) is 25.9 Å². The molecule has 1 aliphatic rings. The molecule has 0 saturated carbocycles. The molecule has 0 bridgehead atoms. The van der Waals surface area contributed by atoms with Gasteiger partial charge in [0, 0.05) is 25.2 Å². The lowest BCUT2D eigenvalue weighted by molar-refractivity contribution is -0.384. The summed E-state index contributed by atoms with van der Waals surface area (Å²) in [6, 6.07) is 6.08. The van der Waals surface area contributed by atoms with Gasteiger partial charge in [0.1, 0.15) is 0 Å². The number of rotatable bonds is 3. The minimum absolute atomic E-state index is 0.0712. The Morgan fingerprint density at radius 3 is 2.35 bits per heavy atom. The highest BCUT2D eigenvalue weighted by atomic mass is 16.6. The van der Waals surface area contributed by atoms with Crippen molar-refractivity contribution in [3.63, 3.8) is 0 Å². The largest absolute Gasteiger partial charge is 0.278 e. The van der Waals surface area contributed by atoms with Crippen molar-refractivity contribution in [2.45, 2.75) is 19.3 Å². The van der Waals surface area contributed by atoms with Crippen molar-refractivity contribution in [1.82, 2.24) is 5.01 Å². The maximum atomic E-state index is 10.5. The summed E-state index contributed by atoms with van der Waals surface area (Å²) < 4.78 is 0. The number of nitro benzene ring substituents is 1. The van der Waals surface area contributed by atoms with Crippen LogP contribution in [0.3, 0.4) is 0 Å². The van der Waals surface area contributed by atoms with Crippen molar-refractivity contribution in [2.75, 3.05) is 13.1 Å². The van der Waals surface area contributed by atoms with Crippen LogP contribution in [0.15, 0.2) is 34.6 Å². The van der Waals surface area contributed by atoms with Gasteiger partial charge in [-0.25, -0.2) is 0 Å². The lowest BCUT2D eigenvalue weighted by Crippen LogP contribution is -2.23. The first-order chi connectivity index (χ1) is 8.25. The molecule has 1 aliphatic heterocycles. The van der Waals surface area contributed by atoms with Gasteiger partial charge in [0.25, 0.3) is 5.69 Å². The Bertz CT molecular complexity index is 410. The highest BCUT2D eigenvalue weighted by Gasteiger charge is 2.07. The predicted octanol–water partition coefficient (Wildman–Crippen LogP) is 3.08. The molecule has 17 heavy (non-hydrogen) atoms. The summed E-state index contributed by atoms with van der Waals surface area (Å²) in [6.07, 6.45) is 3.56. The summed E-state index contributed by atoms with van der Waals surface area (Å²) in [6.45, 7) is 1.88. The highest BCUT2D eigenvalue weighted by molar-refractivity contribution is 5.43. The van der Waals surface area contributed by atoms with E-state index in [-0.39, 0.29) is 5.69 Å². The number of nitro groups is 1. The number of non-ortho nitro benzene ring substituents is 1. The molecule has 0 N–H and O–H groups in total. The standard InChI is InChI=1S/C11H14N4O2/c16-15(17)11-6-4-10(5-7-11)12-13-14-8-2-1-3-9-14/h4-7H,1-3,8-9H2. The van der Waals surface area contributed by atoms with Crippen LogP contribution < -0.4 is 0 Å². The van der Waals surface area contributed by atoms with E-state index < -0.39 is 4.92 Å². The van der Waals surface area contributed by atoms with E-state index in [9.17, 15) is 10.1 Å². The van der Waals surface area contributed by atoms with Crippen LogP contribution in [0.1, 0.15) is 19.3 Å². The summed E-state index contributed by atoms with van der Waals surface area (Å²) in [5, 5.41) is 20.6. The zero-order valence-corrected chi connectivity index (χ0v) is 9.45. The third-order valence-corrected chi connectivity index (χ3v) is 2.68. The van der Waals surface area contributed by atoms with Gasteiger partial charge in [0.05, 0.1) is 10.6 Å². The normalized spacial score (nSPS) is 16.4. The van der Waals surface area contributed by atoms with E-state index in [4.69, 9.17) is 0 Å². The molecule has 0 aromatic heterocycles. The Morgan fingerprint density at radius 2 is 1.76 bits per heavy atom. The van der Waals surface area contributed by atoms with E-state index >= 15 is 0 Å². The molecule has 0 aliphatic carbocycles. The fourth-order valence-corrected chi connectivity index (χ4v) is 1.72. The van der Waals surface area contributed by atoms with Gasteiger partial charge < -0.3 is 0 Å². The van der Waals surface area contributed by atoms with Gasteiger partial charge in [-0.2, -0.15) is 0 Å². The first-order valence-electron chi connectivity index (χ1n) is 5.67. The zero-order valence-electron chi connectivity index (χ0n) is 9.45. The number of hydrogen-bond donors (Lipinski definition) is 0. The van der Waals surface area contributed by atoms with Gasteiger partial charge in [-0.15, -0.1) is 5.11 Å². The van der Waals surface area contributed by atoms with Gasteiger partial charge in [-0.1, -0.05) is 5.22 Å². The Morgan fingerprint density at radius 1 is 1.12 bits per heavy atom. The number of piperidine rings is 1. The van der Waals surface area contributed by atoms with Gasteiger partial charge in [0.2, 0.25) is 0 Å². The second-order valence-corrected chi connectivity index (χ2v) is 3.98. The summed E-state index contributed by atoms with van der Waals surface area (Å²) >= 11 is 0. The lowest BCUT2D eigenvalue weighted by atomic mass is 10.2. The molecule has 2 rings (SSSR count). The average Bonchev–Trinajstić information content (AvgIpc) is 2.38. The van der Waals surface area contributed by atoms with Crippen LogP contribution in [-0.2, 0) is 0 Å². The molecule has 90 valence electrons. The molecule has 0 amide bonds. The second-order valence-electron chi connectivity index (χ2n) is 3.98. The fourth-order valence-electron chi connectivity index (χ4n) is 1.72. The summed E-state index contributed by atoms with van der Waals surface area (Å²) in [5.41, 5.74) is 0.711. The lowest BCUT2D eigenvalue weighted by Gasteiger charge is -2.21. The molecule has 0 radical (unpaired) electrons. The molecule has 0 atom stereocenters. The quantitative estimate of drug-likeness (QED) is 0.458. The summed E-state index contributed by atoms with van der Waals surface area (Å²) in [7, 11) is 0. The molecule has 0 unspecified atom stereocenters. The molecule has 1 aromatic carbocycles. The van der Waals surface area contributed by atoms with Crippen LogP contribution in [0.25, 0.3) is 0 Å². The maximum Gasteiger partial charge on any atom is 0.269 e. The van der Waals surface area contributed by atoms with Crippen LogP contribution in [0.5, 0.6) is 0 Å². The average molecular weight is 234 g/mol. The van der Waals surface area contributed by atoms with Crippen LogP contribution in [0.2, 0.25) is 0 Å². The fraction of sp³-hybridized carbons (Fsp3) is 0.455. The third-order valence-electron chi connectivity index (χ3n) is 2.68. The highest BCUT2D eigenvalue weighted by Crippen LogP contribution is 2.19. The van der Waals surface area contributed by atoms with Crippen molar-refractivity contribution < 1.29 is 4.92 Å². The van der Waals surface area contributed by atoms with Crippen molar-refractivity contribution in [1.29, 1.82) is 0 Å². The van der Waals surface area contributed by atoms with Crippen LogP contribution in [0, 0.1) is 10.1 Å². The molecule has 1 fully saturated rings. The van der Waals surface area contributed by atoms with Crippen molar-refractivity contribution in [3.8, 4) is 0 Å². The Hall–Kier alpha value is -1.98. The van der Waals surface area contributed by atoms with Crippen molar-refractivity contribution >= 4 is 11.4 Å². The van der Waals surface area contributed by atoms with Gasteiger partial charge in [-0.3, -0.25) is 15.1 Å². The van der Waals surface area contributed by atoms with Gasteiger partial charge in [-0.05, 0) is 31.4 Å². The minimum atomic E-state index is -0.425. The number of nitrogens with zero attached hydrogens (tertiary/aromatic N) is 4. The van der Waals surface area contributed by atoms with E-state index in [1.165, 1.54) is 18.6 Å². The number of benzene rings is 1. The molecule has 6 nitrogen and oxygen atoms in total. The van der Waals surface area contributed by atoms with Crippen molar-refractivity contribution in [3.05, 3.63) is 34.4 Å². The minimum Gasteiger partial charge on any atom is -0.278 e. The topological polar surface area (TPSA) is 71.1 Å². The summed E-state index contributed by atoms with van der Waals surface area (Å²) in [4.78, 5) is 10.0. The molecular formula is C11H14N4O2. The van der Waals surface area contributed by atoms with E-state index in [2.05, 4.69) is 10.3 Å². The monoisotopic (exact) mass is 234 g/mol. The Labute approximate surface area is 99.1 Å².